The van der Waals surface area contributed by atoms with Crippen molar-refractivity contribution in [3.05, 3.63) is 22.4 Å². The van der Waals surface area contributed by atoms with Crippen molar-refractivity contribution in [3.8, 4) is 0 Å². The molecule has 106 valence electrons. The van der Waals surface area contributed by atoms with Gasteiger partial charge in [0.1, 0.15) is 5.69 Å². The summed E-state index contributed by atoms with van der Waals surface area (Å²) in [6, 6.07) is 2.35. The molecule has 0 bridgehead atoms. The predicted molar refractivity (Wildman–Crippen MR) is 78.2 cm³/mol. The maximum absolute atomic E-state index is 12.2. The van der Waals surface area contributed by atoms with E-state index in [1.807, 2.05) is 26.1 Å². The summed E-state index contributed by atoms with van der Waals surface area (Å²) < 4.78 is 3.00. The van der Waals surface area contributed by atoms with Gasteiger partial charge in [-0.1, -0.05) is 13.8 Å². The van der Waals surface area contributed by atoms with Gasteiger partial charge in [-0.2, -0.15) is 0 Å². The number of nitrogens with one attached hydrogen (secondary N) is 1. The van der Waals surface area contributed by atoms with Gasteiger partial charge in [0.15, 0.2) is 0 Å². The molecule has 0 atom stereocenters. The molecular formula is C14H21BrN2O2. The molecule has 4 nitrogen and oxygen atoms in total. The van der Waals surface area contributed by atoms with E-state index in [0.29, 0.717) is 24.7 Å². The van der Waals surface area contributed by atoms with Crippen molar-refractivity contribution in [2.24, 2.45) is 5.41 Å². The number of carbonyl (C=O) groups excluding carboxylic acids is 1. The smallest absolute Gasteiger partial charge is 0.267 e. The average molecular weight is 329 g/mol. The van der Waals surface area contributed by atoms with Gasteiger partial charge >= 0.3 is 0 Å². The second kappa shape index (κ2) is 5.67. The minimum atomic E-state index is -0.0847. The average Bonchev–Trinajstić information content (AvgIpc) is 3.09. The second-order valence-corrected chi connectivity index (χ2v) is 6.92. The number of aromatic nitrogens is 1. The normalized spacial score (nSPS) is 15.6. The predicted octanol–water partition coefficient (Wildman–Crippen LogP) is 2.72. The first-order chi connectivity index (χ1) is 8.93. The Bertz CT molecular complexity index is 464. The van der Waals surface area contributed by atoms with Crippen LogP contribution in [0.3, 0.4) is 0 Å². The molecule has 1 aromatic rings. The topological polar surface area (TPSA) is 54.3 Å². The standard InChI is InChI=1S/C14H21BrN2O2/c1-14(2,5-6-18)9-16-13(19)12-7-10(15)8-17(12)11-3-4-11/h7-8,11,18H,3-6,9H2,1-2H3,(H,16,19). The first-order valence-corrected chi connectivity index (χ1v) is 7.49. The molecule has 1 aliphatic rings. The van der Waals surface area contributed by atoms with E-state index in [0.717, 1.165) is 17.3 Å². The van der Waals surface area contributed by atoms with E-state index < -0.39 is 0 Å². The van der Waals surface area contributed by atoms with Crippen LogP contribution in [-0.4, -0.2) is 28.7 Å². The first-order valence-electron chi connectivity index (χ1n) is 6.69. The van der Waals surface area contributed by atoms with Crippen LogP contribution in [0.25, 0.3) is 0 Å². The second-order valence-electron chi connectivity index (χ2n) is 6.00. The molecule has 0 saturated heterocycles. The number of nitrogens with zero attached hydrogens (tertiary/aromatic N) is 1. The third-order valence-electron chi connectivity index (χ3n) is 3.50. The number of hydrogen-bond acceptors (Lipinski definition) is 2. The number of rotatable bonds is 6. The molecule has 1 amide bonds. The van der Waals surface area contributed by atoms with Crippen LogP contribution in [0.2, 0.25) is 0 Å². The SMILES string of the molecule is CC(C)(CCO)CNC(=O)c1cc(Br)cn1C1CC1. The van der Waals surface area contributed by atoms with Gasteiger partial charge in [-0.3, -0.25) is 4.79 Å². The van der Waals surface area contributed by atoms with Gasteiger partial charge in [-0.05, 0) is 46.7 Å². The molecule has 0 aromatic carbocycles. The fraction of sp³-hybridized carbons (Fsp3) is 0.643. The van der Waals surface area contributed by atoms with Crippen molar-refractivity contribution in [2.45, 2.75) is 39.2 Å². The van der Waals surface area contributed by atoms with Gasteiger partial charge in [0, 0.05) is 29.9 Å². The zero-order chi connectivity index (χ0) is 14.0. The molecule has 1 aliphatic carbocycles. The fourth-order valence-corrected chi connectivity index (χ4v) is 2.52. The molecule has 0 unspecified atom stereocenters. The summed E-state index contributed by atoms with van der Waals surface area (Å²) in [5, 5.41) is 12.0. The van der Waals surface area contributed by atoms with Gasteiger partial charge in [0.2, 0.25) is 0 Å². The van der Waals surface area contributed by atoms with Crippen LogP contribution in [0.4, 0.5) is 0 Å². The zero-order valence-corrected chi connectivity index (χ0v) is 13.0. The highest BCUT2D eigenvalue weighted by atomic mass is 79.9. The number of carbonyl (C=O) groups is 1. The number of halogens is 1. The van der Waals surface area contributed by atoms with Crippen LogP contribution in [0.5, 0.6) is 0 Å². The molecule has 1 aromatic heterocycles. The molecular weight excluding hydrogens is 308 g/mol. The third kappa shape index (κ3) is 3.83. The van der Waals surface area contributed by atoms with E-state index in [1.165, 1.54) is 0 Å². The minimum absolute atomic E-state index is 0.0383. The van der Waals surface area contributed by atoms with Crippen molar-refractivity contribution in [3.63, 3.8) is 0 Å². The van der Waals surface area contributed by atoms with Gasteiger partial charge in [-0.25, -0.2) is 0 Å². The molecule has 5 heteroatoms. The summed E-state index contributed by atoms with van der Waals surface area (Å²) in [5.41, 5.74) is 0.632. The Balaban J connectivity index is 2.00. The fourth-order valence-electron chi connectivity index (χ4n) is 2.08. The Morgan fingerprint density at radius 2 is 2.26 bits per heavy atom. The van der Waals surface area contributed by atoms with Gasteiger partial charge in [-0.15, -0.1) is 0 Å². The van der Waals surface area contributed by atoms with Crippen LogP contribution in [0.1, 0.15) is 49.6 Å². The van der Waals surface area contributed by atoms with Crippen molar-refractivity contribution in [1.82, 2.24) is 9.88 Å². The molecule has 19 heavy (non-hydrogen) atoms. The molecule has 0 spiro atoms. The number of amides is 1. The Labute approximate surface area is 122 Å². The van der Waals surface area contributed by atoms with E-state index in [1.54, 1.807) is 0 Å². The lowest BCUT2D eigenvalue weighted by molar-refractivity contribution is 0.0918. The molecule has 1 saturated carbocycles. The molecule has 2 rings (SSSR count). The summed E-state index contributed by atoms with van der Waals surface area (Å²) in [6.45, 7) is 4.80. The number of aliphatic hydroxyl groups excluding tert-OH is 1. The molecule has 0 radical (unpaired) electrons. The van der Waals surface area contributed by atoms with Gasteiger partial charge in [0.05, 0.1) is 0 Å². The van der Waals surface area contributed by atoms with Crippen molar-refractivity contribution in [1.29, 1.82) is 0 Å². The van der Waals surface area contributed by atoms with E-state index in [-0.39, 0.29) is 17.9 Å². The number of aliphatic hydroxyl groups is 1. The number of hydrogen-bond donors (Lipinski definition) is 2. The van der Waals surface area contributed by atoms with Crippen LogP contribution < -0.4 is 5.32 Å². The Morgan fingerprint density at radius 1 is 1.58 bits per heavy atom. The van der Waals surface area contributed by atoms with Crippen LogP contribution in [0.15, 0.2) is 16.7 Å². The van der Waals surface area contributed by atoms with Crippen molar-refractivity contribution >= 4 is 21.8 Å². The lowest BCUT2D eigenvalue weighted by Crippen LogP contribution is -2.35. The maximum atomic E-state index is 12.2. The highest BCUT2D eigenvalue weighted by Crippen LogP contribution is 2.37. The summed E-state index contributed by atoms with van der Waals surface area (Å²) in [4.78, 5) is 12.2. The monoisotopic (exact) mass is 328 g/mol. The molecule has 1 heterocycles. The van der Waals surface area contributed by atoms with Crippen LogP contribution in [-0.2, 0) is 0 Å². The quantitative estimate of drug-likeness (QED) is 0.843. The van der Waals surface area contributed by atoms with E-state index in [2.05, 4.69) is 25.8 Å². The van der Waals surface area contributed by atoms with Crippen LogP contribution in [0, 0.1) is 5.41 Å². The Kier molecular flexibility index (Phi) is 4.36. The van der Waals surface area contributed by atoms with Crippen LogP contribution >= 0.6 is 15.9 Å². The van der Waals surface area contributed by atoms with Crippen molar-refractivity contribution < 1.29 is 9.90 Å². The highest BCUT2D eigenvalue weighted by Gasteiger charge is 2.28. The largest absolute Gasteiger partial charge is 0.396 e. The Hall–Kier alpha value is -0.810. The highest BCUT2D eigenvalue weighted by molar-refractivity contribution is 9.10. The third-order valence-corrected chi connectivity index (χ3v) is 3.94. The van der Waals surface area contributed by atoms with E-state index in [9.17, 15) is 4.79 Å². The maximum Gasteiger partial charge on any atom is 0.267 e. The Morgan fingerprint density at radius 3 is 2.84 bits per heavy atom. The molecule has 2 N–H and O–H groups in total. The summed E-state index contributed by atoms with van der Waals surface area (Å²) in [6.07, 6.45) is 4.96. The zero-order valence-electron chi connectivity index (χ0n) is 11.4. The molecule has 0 aliphatic heterocycles. The minimum Gasteiger partial charge on any atom is -0.396 e. The summed E-state index contributed by atoms with van der Waals surface area (Å²) >= 11 is 3.43. The van der Waals surface area contributed by atoms with E-state index >= 15 is 0 Å². The lowest BCUT2D eigenvalue weighted by atomic mass is 9.90. The van der Waals surface area contributed by atoms with E-state index in [4.69, 9.17) is 5.11 Å². The lowest BCUT2D eigenvalue weighted by Gasteiger charge is -2.24. The van der Waals surface area contributed by atoms with Gasteiger partial charge in [0.25, 0.3) is 5.91 Å². The summed E-state index contributed by atoms with van der Waals surface area (Å²) in [5.74, 6) is -0.0383. The van der Waals surface area contributed by atoms with Gasteiger partial charge < -0.3 is 15.0 Å². The summed E-state index contributed by atoms with van der Waals surface area (Å²) in [7, 11) is 0. The first kappa shape index (κ1) is 14.6. The van der Waals surface area contributed by atoms with Crippen molar-refractivity contribution in [2.75, 3.05) is 13.2 Å². The molecule has 1 fully saturated rings.